The fourth-order valence-corrected chi connectivity index (χ4v) is 3.03. The summed E-state index contributed by atoms with van der Waals surface area (Å²) in [6.45, 7) is 4.20. The summed E-state index contributed by atoms with van der Waals surface area (Å²) in [5.41, 5.74) is 3.82. The molecule has 1 aliphatic rings. The maximum Gasteiger partial charge on any atom is 0.125 e. The summed E-state index contributed by atoms with van der Waals surface area (Å²) in [4.78, 5) is 9.82. The van der Waals surface area contributed by atoms with E-state index in [0.29, 0.717) is 6.54 Å². The summed E-state index contributed by atoms with van der Waals surface area (Å²) in [7, 11) is 2.03. The van der Waals surface area contributed by atoms with Gasteiger partial charge in [-0.05, 0) is 31.3 Å². The number of imidazole rings is 1. The summed E-state index contributed by atoms with van der Waals surface area (Å²) >= 11 is 0. The molecule has 2 aromatic heterocycles. The van der Waals surface area contributed by atoms with Crippen LogP contribution in [0.2, 0.25) is 0 Å². The second-order valence-corrected chi connectivity index (χ2v) is 6.04. The zero-order valence-electron chi connectivity index (χ0n) is 13.8. The second kappa shape index (κ2) is 8.14. The summed E-state index contributed by atoms with van der Waals surface area (Å²) in [5.74, 6) is 0.581. The van der Waals surface area contributed by atoms with Crippen LogP contribution in [0, 0.1) is 5.82 Å². The Morgan fingerprint density at radius 3 is 2.88 bits per heavy atom. The molecule has 1 aliphatic heterocycles. The van der Waals surface area contributed by atoms with Crippen molar-refractivity contribution in [3.63, 3.8) is 0 Å². The minimum atomic E-state index is -0.252. The van der Waals surface area contributed by atoms with E-state index in [4.69, 9.17) is 0 Å². The van der Waals surface area contributed by atoms with Gasteiger partial charge in [0.1, 0.15) is 11.6 Å². The van der Waals surface area contributed by atoms with E-state index >= 15 is 0 Å². The van der Waals surface area contributed by atoms with Crippen molar-refractivity contribution in [2.75, 3.05) is 13.6 Å². The summed E-state index contributed by atoms with van der Waals surface area (Å²) in [5, 5.41) is 7.99. The number of hydrogen-bond donors (Lipinski definition) is 2. The van der Waals surface area contributed by atoms with Crippen LogP contribution in [0.3, 0.4) is 0 Å². The van der Waals surface area contributed by atoms with Gasteiger partial charge >= 0.3 is 0 Å². The summed E-state index contributed by atoms with van der Waals surface area (Å²) in [6.07, 6.45) is 0. The van der Waals surface area contributed by atoms with Crippen molar-refractivity contribution in [1.29, 1.82) is 0 Å². The Morgan fingerprint density at radius 2 is 2.08 bits per heavy atom. The van der Waals surface area contributed by atoms with E-state index in [9.17, 15) is 4.39 Å². The Kier molecular flexibility index (Phi) is 6.40. The van der Waals surface area contributed by atoms with E-state index in [1.54, 1.807) is 6.07 Å². The van der Waals surface area contributed by atoms with Crippen LogP contribution < -0.4 is 5.32 Å². The predicted molar refractivity (Wildman–Crippen MR) is 99.7 cm³/mol. The van der Waals surface area contributed by atoms with Crippen LogP contribution >= 0.6 is 24.8 Å². The first-order valence-electron chi connectivity index (χ1n) is 7.76. The molecule has 3 heterocycles. The van der Waals surface area contributed by atoms with Gasteiger partial charge in [-0.2, -0.15) is 5.10 Å². The van der Waals surface area contributed by atoms with Gasteiger partial charge in [-0.25, -0.2) is 9.37 Å². The molecule has 0 aliphatic carbocycles. The number of halogens is 3. The molecular formula is C16H21Cl2FN6. The van der Waals surface area contributed by atoms with Gasteiger partial charge in [0.2, 0.25) is 0 Å². The first kappa shape index (κ1) is 19.7. The van der Waals surface area contributed by atoms with Gasteiger partial charge in [-0.15, -0.1) is 24.8 Å². The largest absolute Gasteiger partial charge is 0.341 e. The predicted octanol–water partition coefficient (Wildman–Crippen LogP) is 2.48. The van der Waals surface area contributed by atoms with Crippen molar-refractivity contribution >= 4 is 35.8 Å². The zero-order valence-corrected chi connectivity index (χ0v) is 15.5. The molecule has 0 bridgehead atoms. The minimum Gasteiger partial charge on any atom is -0.341 e. The van der Waals surface area contributed by atoms with E-state index < -0.39 is 0 Å². The number of H-pyrrole nitrogens is 1. The van der Waals surface area contributed by atoms with Crippen molar-refractivity contribution in [2.24, 2.45) is 0 Å². The topological polar surface area (TPSA) is 61.8 Å². The van der Waals surface area contributed by atoms with E-state index in [1.807, 2.05) is 7.05 Å². The van der Waals surface area contributed by atoms with Crippen LogP contribution in [0.25, 0.3) is 11.0 Å². The molecule has 6 nitrogen and oxygen atoms in total. The van der Waals surface area contributed by atoms with E-state index in [1.165, 1.54) is 17.8 Å². The van der Waals surface area contributed by atoms with Gasteiger partial charge in [0.15, 0.2) is 0 Å². The van der Waals surface area contributed by atoms with Gasteiger partial charge in [0, 0.05) is 19.6 Å². The van der Waals surface area contributed by atoms with Gasteiger partial charge < -0.3 is 10.3 Å². The Hall–Kier alpha value is -1.67. The van der Waals surface area contributed by atoms with Crippen LogP contribution in [0.15, 0.2) is 24.3 Å². The normalized spacial score (nSPS) is 13.4. The first-order chi connectivity index (χ1) is 11.2. The Morgan fingerprint density at radius 1 is 1.24 bits per heavy atom. The third-order valence-corrected chi connectivity index (χ3v) is 4.06. The lowest BCUT2D eigenvalue weighted by Crippen LogP contribution is -2.28. The highest BCUT2D eigenvalue weighted by Crippen LogP contribution is 2.15. The molecule has 136 valence electrons. The molecule has 0 spiro atoms. The van der Waals surface area contributed by atoms with E-state index in [-0.39, 0.29) is 30.6 Å². The molecular weight excluding hydrogens is 366 g/mol. The molecule has 2 N–H and O–H groups in total. The highest BCUT2D eigenvalue weighted by molar-refractivity contribution is 5.85. The highest BCUT2D eigenvalue weighted by Gasteiger charge is 2.13. The third kappa shape index (κ3) is 4.30. The zero-order chi connectivity index (χ0) is 15.8. The van der Waals surface area contributed by atoms with Crippen LogP contribution in [-0.2, 0) is 26.2 Å². The molecule has 0 atom stereocenters. The Balaban J connectivity index is 0.00000113. The number of nitrogens with one attached hydrogen (secondary N) is 2. The molecule has 25 heavy (non-hydrogen) atoms. The molecule has 0 saturated carbocycles. The average Bonchev–Trinajstić information content (AvgIpc) is 3.08. The molecule has 0 radical (unpaired) electrons. The lowest BCUT2D eigenvalue weighted by molar-refractivity contribution is 0.306. The van der Waals surface area contributed by atoms with Crippen molar-refractivity contribution in [2.45, 2.75) is 26.2 Å². The maximum absolute atomic E-state index is 13.2. The SMILES string of the molecule is CN(Cc1cc2n(n1)CCNC2)Cc1nc2ccc(F)cc2[nH]1.Cl.Cl. The molecule has 0 saturated heterocycles. The van der Waals surface area contributed by atoms with Crippen molar-refractivity contribution in [1.82, 2.24) is 30.0 Å². The Bertz CT molecular complexity index is 823. The number of hydrogen-bond acceptors (Lipinski definition) is 4. The van der Waals surface area contributed by atoms with Crippen LogP contribution in [0.1, 0.15) is 17.2 Å². The van der Waals surface area contributed by atoms with Gasteiger partial charge in [0.05, 0.1) is 35.5 Å². The van der Waals surface area contributed by atoms with Crippen LogP contribution in [0.5, 0.6) is 0 Å². The van der Waals surface area contributed by atoms with Crippen molar-refractivity contribution < 1.29 is 4.39 Å². The number of aromatic amines is 1. The minimum absolute atomic E-state index is 0. The lowest BCUT2D eigenvalue weighted by Gasteiger charge is -2.14. The molecule has 0 fully saturated rings. The molecule has 0 unspecified atom stereocenters. The molecule has 1 aromatic carbocycles. The highest BCUT2D eigenvalue weighted by atomic mass is 35.5. The van der Waals surface area contributed by atoms with Gasteiger partial charge in [0.25, 0.3) is 0 Å². The third-order valence-electron chi connectivity index (χ3n) is 4.06. The number of rotatable bonds is 4. The fraction of sp³-hybridized carbons (Fsp3) is 0.375. The lowest BCUT2D eigenvalue weighted by atomic mass is 10.3. The van der Waals surface area contributed by atoms with E-state index in [2.05, 4.69) is 36.0 Å². The number of benzene rings is 1. The smallest absolute Gasteiger partial charge is 0.125 e. The monoisotopic (exact) mass is 386 g/mol. The molecule has 3 aromatic rings. The summed E-state index contributed by atoms with van der Waals surface area (Å²) < 4.78 is 15.3. The molecule has 9 heteroatoms. The number of nitrogens with zero attached hydrogens (tertiary/aromatic N) is 4. The van der Waals surface area contributed by atoms with Crippen LogP contribution in [0.4, 0.5) is 4.39 Å². The first-order valence-corrected chi connectivity index (χ1v) is 7.76. The summed E-state index contributed by atoms with van der Waals surface area (Å²) in [6, 6.07) is 6.75. The number of fused-ring (bicyclic) bond motifs is 2. The second-order valence-electron chi connectivity index (χ2n) is 6.04. The van der Waals surface area contributed by atoms with Crippen molar-refractivity contribution in [3.8, 4) is 0 Å². The number of aromatic nitrogens is 4. The average molecular weight is 387 g/mol. The van der Waals surface area contributed by atoms with Crippen molar-refractivity contribution in [3.05, 3.63) is 47.3 Å². The van der Waals surface area contributed by atoms with Gasteiger partial charge in [-0.3, -0.25) is 9.58 Å². The maximum atomic E-state index is 13.2. The van der Waals surface area contributed by atoms with Gasteiger partial charge in [-0.1, -0.05) is 0 Å². The quantitative estimate of drug-likeness (QED) is 0.722. The van der Waals surface area contributed by atoms with E-state index in [0.717, 1.165) is 48.7 Å². The van der Waals surface area contributed by atoms with Crippen LogP contribution in [-0.4, -0.2) is 38.2 Å². The molecule has 0 amide bonds. The molecule has 4 rings (SSSR count). The standard InChI is InChI=1S/C16H19FN6.2ClH/c1-22(9-12-7-13-8-18-4-5-23(13)21-12)10-16-19-14-3-2-11(17)6-15(14)20-16;;/h2-3,6-7,18H,4-5,8-10H2,1H3,(H,19,20);2*1H. The Labute approximate surface area is 157 Å². The fourth-order valence-electron chi connectivity index (χ4n) is 3.03.